The molecule has 0 radical (unpaired) electrons. The van der Waals surface area contributed by atoms with Gasteiger partial charge < -0.3 is 15.2 Å². The molecule has 5 heteroatoms. The Balaban J connectivity index is 2.72. The van der Waals surface area contributed by atoms with Gasteiger partial charge in [0, 0.05) is 19.1 Å². The molecule has 0 atom stereocenters. The van der Waals surface area contributed by atoms with Gasteiger partial charge in [0.05, 0.1) is 12.3 Å². The lowest BCUT2D eigenvalue weighted by atomic mass is 10.2. The smallest absolute Gasteiger partial charge is 0.224 e. The highest BCUT2D eigenvalue weighted by Gasteiger charge is 2.08. The van der Waals surface area contributed by atoms with Crippen molar-refractivity contribution in [2.75, 3.05) is 18.5 Å². The molecule has 0 spiro atoms. The number of carbonyl (C=O) groups is 1. The van der Waals surface area contributed by atoms with E-state index in [4.69, 9.17) is 9.84 Å². The zero-order valence-corrected chi connectivity index (χ0v) is 9.70. The summed E-state index contributed by atoms with van der Waals surface area (Å²) in [7, 11) is 0. The molecule has 0 saturated heterocycles. The molecule has 17 heavy (non-hydrogen) atoms. The standard InChI is InChI=1S/C12H16FNO3/c1-2-17-11-8-9(13)5-6-10(11)14-12(16)4-3-7-15/h5-6,8,15H,2-4,7H2,1H3,(H,14,16). The van der Waals surface area contributed by atoms with Crippen molar-refractivity contribution in [3.05, 3.63) is 24.0 Å². The molecule has 0 bridgehead atoms. The van der Waals surface area contributed by atoms with Crippen LogP contribution in [0.25, 0.3) is 0 Å². The Labute approximate surface area is 99.4 Å². The summed E-state index contributed by atoms with van der Waals surface area (Å²) in [5.74, 6) is -0.335. The van der Waals surface area contributed by atoms with Crippen LogP contribution in [0, 0.1) is 5.82 Å². The maximum Gasteiger partial charge on any atom is 0.224 e. The molecule has 94 valence electrons. The molecule has 1 amide bonds. The fraction of sp³-hybridized carbons (Fsp3) is 0.417. The van der Waals surface area contributed by atoms with Gasteiger partial charge in [-0.15, -0.1) is 0 Å². The third kappa shape index (κ3) is 4.40. The summed E-state index contributed by atoms with van der Waals surface area (Å²) < 4.78 is 18.2. The van der Waals surface area contributed by atoms with Gasteiger partial charge in [0.25, 0.3) is 0 Å². The lowest BCUT2D eigenvalue weighted by molar-refractivity contribution is -0.116. The molecule has 0 fully saturated rings. The second kappa shape index (κ2) is 6.85. The second-order valence-corrected chi connectivity index (χ2v) is 3.45. The lowest BCUT2D eigenvalue weighted by Gasteiger charge is -2.11. The average molecular weight is 241 g/mol. The highest BCUT2D eigenvalue weighted by molar-refractivity contribution is 5.92. The van der Waals surface area contributed by atoms with Crippen LogP contribution < -0.4 is 10.1 Å². The Kier molecular flexibility index (Phi) is 5.42. The van der Waals surface area contributed by atoms with Crippen molar-refractivity contribution >= 4 is 11.6 Å². The molecule has 4 nitrogen and oxygen atoms in total. The maximum absolute atomic E-state index is 13.0. The van der Waals surface area contributed by atoms with E-state index in [1.165, 1.54) is 18.2 Å². The minimum Gasteiger partial charge on any atom is -0.492 e. The quantitative estimate of drug-likeness (QED) is 0.800. The van der Waals surface area contributed by atoms with Gasteiger partial charge in [-0.05, 0) is 25.5 Å². The zero-order valence-electron chi connectivity index (χ0n) is 9.70. The number of aliphatic hydroxyl groups is 1. The summed E-state index contributed by atoms with van der Waals surface area (Å²) in [4.78, 5) is 11.4. The van der Waals surface area contributed by atoms with E-state index in [0.717, 1.165) is 0 Å². The summed E-state index contributed by atoms with van der Waals surface area (Å²) in [6.07, 6.45) is 0.621. The normalized spacial score (nSPS) is 10.1. The molecule has 0 aliphatic rings. The monoisotopic (exact) mass is 241 g/mol. The van der Waals surface area contributed by atoms with E-state index in [1.807, 2.05) is 0 Å². The molecular weight excluding hydrogens is 225 g/mol. The van der Waals surface area contributed by atoms with Crippen LogP contribution >= 0.6 is 0 Å². The van der Waals surface area contributed by atoms with Crippen molar-refractivity contribution in [1.29, 1.82) is 0 Å². The van der Waals surface area contributed by atoms with Crippen LogP contribution in [0.5, 0.6) is 5.75 Å². The van der Waals surface area contributed by atoms with E-state index >= 15 is 0 Å². The van der Waals surface area contributed by atoms with Crippen LogP contribution in [-0.4, -0.2) is 24.2 Å². The number of benzene rings is 1. The number of anilines is 1. The first kappa shape index (κ1) is 13.4. The number of amides is 1. The van der Waals surface area contributed by atoms with E-state index in [1.54, 1.807) is 6.92 Å². The van der Waals surface area contributed by atoms with Gasteiger partial charge in [0.15, 0.2) is 0 Å². The van der Waals surface area contributed by atoms with Gasteiger partial charge in [-0.3, -0.25) is 4.79 Å². The molecule has 0 aliphatic carbocycles. The van der Waals surface area contributed by atoms with Crippen LogP contribution in [-0.2, 0) is 4.79 Å². The fourth-order valence-corrected chi connectivity index (χ4v) is 1.33. The summed E-state index contributed by atoms with van der Waals surface area (Å²) >= 11 is 0. The molecule has 0 saturated carbocycles. The van der Waals surface area contributed by atoms with Crippen LogP contribution in [0.3, 0.4) is 0 Å². The predicted molar refractivity (Wildman–Crippen MR) is 62.5 cm³/mol. The lowest BCUT2D eigenvalue weighted by Crippen LogP contribution is -2.13. The Morgan fingerprint density at radius 1 is 1.53 bits per heavy atom. The third-order valence-corrected chi connectivity index (χ3v) is 2.08. The Hall–Kier alpha value is -1.62. The van der Waals surface area contributed by atoms with Crippen molar-refractivity contribution in [2.24, 2.45) is 0 Å². The largest absolute Gasteiger partial charge is 0.492 e. The minimum atomic E-state index is -0.415. The zero-order chi connectivity index (χ0) is 12.7. The molecule has 0 aromatic heterocycles. The highest BCUT2D eigenvalue weighted by Crippen LogP contribution is 2.25. The van der Waals surface area contributed by atoms with E-state index in [-0.39, 0.29) is 18.9 Å². The van der Waals surface area contributed by atoms with E-state index in [9.17, 15) is 9.18 Å². The first-order valence-electron chi connectivity index (χ1n) is 5.50. The molecule has 2 N–H and O–H groups in total. The SMILES string of the molecule is CCOc1cc(F)ccc1NC(=O)CCCO. The second-order valence-electron chi connectivity index (χ2n) is 3.45. The van der Waals surface area contributed by atoms with Crippen molar-refractivity contribution in [3.8, 4) is 5.75 Å². The number of rotatable bonds is 6. The van der Waals surface area contributed by atoms with Gasteiger partial charge in [0.1, 0.15) is 11.6 Å². The summed E-state index contributed by atoms with van der Waals surface area (Å²) in [6.45, 7) is 2.14. The van der Waals surface area contributed by atoms with Crippen molar-refractivity contribution in [2.45, 2.75) is 19.8 Å². The first-order valence-corrected chi connectivity index (χ1v) is 5.50. The summed E-state index contributed by atoms with van der Waals surface area (Å²) in [6, 6.07) is 3.94. The Bertz CT molecular complexity index is 382. The predicted octanol–water partition coefficient (Wildman–Crippen LogP) is 1.94. The number of halogens is 1. The molecule has 0 heterocycles. The van der Waals surface area contributed by atoms with Crippen LogP contribution in [0.2, 0.25) is 0 Å². The summed E-state index contributed by atoms with van der Waals surface area (Å²) in [5.41, 5.74) is 0.441. The topological polar surface area (TPSA) is 58.6 Å². The van der Waals surface area contributed by atoms with Gasteiger partial charge in [-0.1, -0.05) is 0 Å². The van der Waals surface area contributed by atoms with Crippen molar-refractivity contribution in [3.63, 3.8) is 0 Å². The number of hydrogen-bond donors (Lipinski definition) is 2. The van der Waals surface area contributed by atoms with E-state index in [0.29, 0.717) is 24.5 Å². The van der Waals surface area contributed by atoms with Gasteiger partial charge in [-0.25, -0.2) is 4.39 Å². The van der Waals surface area contributed by atoms with Gasteiger partial charge in [-0.2, -0.15) is 0 Å². The third-order valence-electron chi connectivity index (χ3n) is 2.08. The molecule has 0 aliphatic heterocycles. The Morgan fingerprint density at radius 2 is 2.29 bits per heavy atom. The molecular formula is C12H16FNO3. The van der Waals surface area contributed by atoms with Gasteiger partial charge >= 0.3 is 0 Å². The summed E-state index contributed by atoms with van der Waals surface area (Å²) in [5, 5.41) is 11.2. The van der Waals surface area contributed by atoms with E-state index in [2.05, 4.69) is 5.32 Å². The first-order chi connectivity index (χ1) is 8.17. The number of nitrogens with one attached hydrogen (secondary N) is 1. The Morgan fingerprint density at radius 3 is 2.94 bits per heavy atom. The fourth-order valence-electron chi connectivity index (χ4n) is 1.33. The number of ether oxygens (including phenoxy) is 1. The van der Waals surface area contributed by atoms with Crippen molar-refractivity contribution in [1.82, 2.24) is 0 Å². The highest BCUT2D eigenvalue weighted by atomic mass is 19.1. The van der Waals surface area contributed by atoms with Crippen LogP contribution in [0.1, 0.15) is 19.8 Å². The van der Waals surface area contributed by atoms with Crippen LogP contribution in [0.4, 0.5) is 10.1 Å². The number of carbonyl (C=O) groups excluding carboxylic acids is 1. The number of hydrogen-bond acceptors (Lipinski definition) is 3. The molecule has 1 rings (SSSR count). The van der Waals surface area contributed by atoms with E-state index < -0.39 is 5.82 Å². The number of aliphatic hydroxyl groups excluding tert-OH is 1. The maximum atomic E-state index is 13.0. The van der Waals surface area contributed by atoms with Crippen LogP contribution in [0.15, 0.2) is 18.2 Å². The van der Waals surface area contributed by atoms with Crippen molar-refractivity contribution < 1.29 is 19.0 Å². The average Bonchev–Trinajstić information content (AvgIpc) is 2.30. The van der Waals surface area contributed by atoms with Gasteiger partial charge in [0.2, 0.25) is 5.91 Å². The molecule has 0 unspecified atom stereocenters. The molecule has 1 aromatic rings. The minimum absolute atomic E-state index is 0.0326. The molecule has 1 aromatic carbocycles.